The van der Waals surface area contributed by atoms with Gasteiger partial charge in [0.2, 0.25) is 0 Å². The summed E-state index contributed by atoms with van der Waals surface area (Å²) in [5.74, 6) is -0.540. The monoisotopic (exact) mass is 341 g/mol. The number of hydrazone groups is 1. The van der Waals surface area contributed by atoms with Crippen LogP contribution in [0.1, 0.15) is 11.1 Å². The van der Waals surface area contributed by atoms with Crippen LogP contribution < -0.4 is 20.2 Å². The van der Waals surface area contributed by atoms with Gasteiger partial charge in [0, 0.05) is 5.69 Å². The average Bonchev–Trinajstić information content (AvgIpc) is 2.63. The van der Waals surface area contributed by atoms with Gasteiger partial charge < -0.3 is 14.8 Å². The summed E-state index contributed by atoms with van der Waals surface area (Å²) in [5.41, 5.74) is 4.45. The smallest absolute Gasteiger partial charge is 0.329 e. The number of aryl methyl sites for hydroxylation is 1. The van der Waals surface area contributed by atoms with Crippen LogP contribution >= 0.6 is 0 Å². The zero-order chi connectivity index (χ0) is 18.2. The highest BCUT2D eigenvalue weighted by molar-refractivity contribution is 6.39. The number of rotatable bonds is 5. The second-order valence-corrected chi connectivity index (χ2v) is 5.13. The number of methoxy groups -OCH3 is 2. The number of nitrogens with one attached hydrogen (secondary N) is 2. The van der Waals surface area contributed by atoms with Crippen LogP contribution in [-0.2, 0) is 9.59 Å². The first-order chi connectivity index (χ1) is 12.0. The fourth-order valence-corrected chi connectivity index (χ4v) is 1.97. The first kappa shape index (κ1) is 18.0. The minimum Gasteiger partial charge on any atom is -0.493 e. The molecular weight excluding hydrogens is 322 g/mol. The van der Waals surface area contributed by atoms with E-state index < -0.39 is 11.8 Å². The number of amides is 2. The topological polar surface area (TPSA) is 89.0 Å². The summed E-state index contributed by atoms with van der Waals surface area (Å²) in [4.78, 5) is 23.5. The van der Waals surface area contributed by atoms with Crippen LogP contribution in [0.5, 0.6) is 11.5 Å². The van der Waals surface area contributed by atoms with Gasteiger partial charge in [-0.3, -0.25) is 9.59 Å². The normalized spacial score (nSPS) is 10.4. The predicted octanol–water partition coefficient (Wildman–Crippen LogP) is 2.10. The second kappa shape index (κ2) is 8.49. The zero-order valence-electron chi connectivity index (χ0n) is 14.2. The van der Waals surface area contributed by atoms with E-state index in [1.807, 2.05) is 19.1 Å². The maximum atomic E-state index is 11.8. The van der Waals surface area contributed by atoms with E-state index in [2.05, 4.69) is 15.8 Å². The Morgan fingerprint density at radius 3 is 2.28 bits per heavy atom. The lowest BCUT2D eigenvalue weighted by atomic mass is 10.2. The summed E-state index contributed by atoms with van der Waals surface area (Å²) >= 11 is 0. The van der Waals surface area contributed by atoms with Gasteiger partial charge in [-0.25, -0.2) is 5.43 Å². The molecule has 2 amide bonds. The Hall–Kier alpha value is -3.35. The lowest BCUT2D eigenvalue weighted by Crippen LogP contribution is -2.32. The molecule has 2 aromatic carbocycles. The third-order valence-corrected chi connectivity index (χ3v) is 3.30. The average molecular weight is 341 g/mol. The molecule has 0 aliphatic carbocycles. The molecule has 0 saturated carbocycles. The molecule has 0 bridgehead atoms. The standard InChI is InChI=1S/C18H19N3O4/c1-12-4-7-14(8-5-12)20-17(22)18(23)21-19-11-13-6-9-15(24-2)16(10-13)25-3/h4-11H,1-3H3,(H,20,22)(H,21,23)/b19-11+. The number of benzene rings is 2. The van der Waals surface area contributed by atoms with Crippen molar-refractivity contribution in [3.63, 3.8) is 0 Å². The maximum Gasteiger partial charge on any atom is 0.329 e. The highest BCUT2D eigenvalue weighted by Gasteiger charge is 2.12. The molecule has 25 heavy (non-hydrogen) atoms. The Morgan fingerprint density at radius 2 is 1.64 bits per heavy atom. The number of hydrogen-bond acceptors (Lipinski definition) is 5. The van der Waals surface area contributed by atoms with Crippen LogP contribution in [-0.4, -0.2) is 32.2 Å². The highest BCUT2D eigenvalue weighted by atomic mass is 16.5. The third kappa shape index (κ3) is 5.07. The van der Waals surface area contributed by atoms with E-state index in [1.54, 1.807) is 37.4 Å². The molecule has 0 aliphatic rings. The van der Waals surface area contributed by atoms with E-state index in [9.17, 15) is 9.59 Å². The first-order valence-corrected chi connectivity index (χ1v) is 7.46. The van der Waals surface area contributed by atoms with Crippen LogP contribution in [0.2, 0.25) is 0 Å². The van der Waals surface area contributed by atoms with Crippen molar-refractivity contribution in [1.82, 2.24) is 5.43 Å². The van der Waals surface area contributed by atoms with Crippen molar-refractivity contribution in [3.05, 3.63) is 53.6 Å². The molecule has 0 fully saturated rings. The van der Waals surface area contributed by atoms with Crippen LogP contribution in [0.3, 0.4) is 0 Å². The minimum absolute atomic E-state index is 0.537. The van der Waals surface area contributed by atoms with Crippen LogP contribution in [0, 0.1) is 6.92 Å². The predicted molar refractivity (Wildman–Crippen MR) is 95.1 cm³/mol. The molecule has 0 aliphatic heterocycles. The summed E-state index contributed by atoms with van der Waals surface area (Å²) in [6.07, 6.45) is 1.40. The van der Waals surface area contributed by atoms with Gasteiger partial charge in [-0.05, 0) is 42.8 Å². The van der Waals surface area contributed by atoms with E-state index in [-0.39, 0.29) is 0 Å². The Morgan fingerprint density at radius 1 is 0.960 bits per heavy atom. The van der Waals surface area contributed by atoms with Gasteiger partial charge in [0.1, 0.15) is 0 Å². The van der Waals surface area contributed by atoms with Crippen molar-refractivity contribution in [1.29, 1.82) is 0 Å². The molecule has 0 spiro atoms. The molecule has 0 heterocycles. The first-order valence-electron chi connectivity index (χ1n) is 7.46. The molecule has 0 aromatic heterocycles. The van der Waals surface area contributed by atoms with Gasteiger partial charge in [-0.1, -0.05) is 17.7 Å². The summed E-state index contributed by atoms with van der Waals surface area (Å²) in [7, 11) is 3.06. The lowest BCUT2D eigenvalue weighted by Gasteiger charge is -2.07. The largest absolute Gasteiger partial charge is 0.493 e. The Labute approximate surface area is 145 Å². The fraction of sp³-hybridized carbons (Fsp3) is 0.167. The van der Waals surface area contributed by atoms with Crippen LogP contribution in [0.25, 0.3) is 0 Å². The van der Waals surface area contributed by atoms with E-state index in [1.165, 1.54) is 13.3 Å². The summed E-state index contributed by atoms with van der Waals surface area (Å²) in [6.45, 7) is 1.93. The summed E-state index contributed by atoms with van der Waals surface area (Å²) in [6, 6.07) is 12.3. The number of carbonyl (C=O) groups excluding carboxylic acids is 2. The molecule has 0 unspecified atom stereocenters. The minimum atomic E-state index is -0.864. The van der Waals surface area contributed by atoms with Crippen LogP contribution in [0.15, 0.2) is 47.6 Å². The van der Waals surface area contributed by atoms with Gasteiger partial charge >= 0.3 is 11.8 Å². The van der Waals surface area contributed by atoms with Gasteiger partial charge in [0.05, 0.1) is 20.4 Å². The Bertz CT molecular complexity index is 785. The van der Waals surface area contributed by atoms with Gasteiger partial charge in [0.25, 0.3) is 0 Å². The number of carbonyl (C=O) groups is 2. The van der Waals surface area contributed by atoms with Crippen molar-refractivity contribution >= 4 is 23.7 Å². The number of anilines is 1. The maximum absolute atomic E-state index is 11.8. The van der Waals surface area contributed by atoms with E-state index in [0.717, 1.165) is 5.56 Å². The van der Waals surface area contributed by atoms with Crippen molar-refractivity contribution in [2.24, 2.45) is 5.10 Å². The van der Waals surface area contributed by atoms with Crippen molar-refractivity contribution in [3.8, 4) is 11.5 Å². The summed E-state index contributed by atoms with van der Waals surface area (Å²) in [5, 5.41) is 6.26. The molecular formula is C18H19N3O4. The molecule has 0 saturated heterocycles. The second-order valence-electron chi connectivity index (χ2n) is 5.13. The van der Waals surface area contributed by atoms with Crippen LogP contribution in [0.4, 0.5) is 5.69 Å². The Balaban J connectivity index is 1.93. The van der Waals surface area contributed by atoms with Gasteiger partial charge in [-0.15, -0.1) is 0 Å². The molecule has 7 nitrogen and oxygen atoms in total. The van der Waals surface area contributed by atoms with E-state index in [0.29, 0.717) is 22.7 Å². The van der Waals surface area contributed by atoms with Crippen molar-refractivity contribution < 1.29 is 19.1 Å². The van der Waals surface area contributed by atoms with Crippen molar-refractivity contribution in [2.75, 3.05) is 19.5 Å². The number of ether oxygens (including phenoxy) is 2. The van der Waals surface area contributed by atoms with Gasteiger partial charge in [-0.2, -0.15) is 5.10 Å². The molecule has 0 radical (unpaired) electrons. The molecule has 130 valence electrons. The van der Waals surface area contributed by atoms with Gasteiger partial charge in [0.15, 0.2) is 11.5 Å². The third-order valence-electron chi connectivity index (χ3n) is 3.30. The van der Waals surface area contributed by atoms with E-state index >= 15 is 0 Å². The van der Waals surface area contributed by atoms with E-state index in [4.69, 9.17) is 9.47 Å². The number of nitrogens with zero attached hydrogens (tertiary/aromatic N) is 1. The molecule has 2 rings (SSSR count). The zero-order valence-corrected chi connectivity index (χ0v) is 14.2. The molecule has 7 heteroatoms. The molecule has 0 atom stereocenters. The molecule has 2 N–H and O–H groups in total. The Kier molecular flexibility index (Phi) is 6.11. The SMILES string of the molecule is COc1ccc(/C=N/NC(=O)C(=O)Nc2ccc(C)cc2)cc1OC. The lowest BCUT2D eigenvalue weighted by molar-refractivity contribution is -0.136. The highest BCUT2D eigenvalue weighted by Crippen LogP contribution is 2.26. The fourth-order valence-electron chi connectivity index (χ4n) is 1.97. The summed E-state index contributed by atoms with van der Waals surface area (Å²) < 4.78 is 10.3. The van der Waals surface area contributed by atoms with Crippen molar-refractivity contribution in [2.45, 2.75) is 6.92 Å². The molecule has 2 aromatic rings. The quantitative estimate of drug-likeness (QED) is 0.495. The number of hydrogen-bond donors (Lipinski definition) is 2.